The van der Waals surface area contributed by atoms with E-state index in [9.17, 15) is 9.59 Å². The van der Waals surface area contributed by atoms with Crippen LogP contribution in [0.15, 0.2) is 30.7 Å². The molecule has 21 heavy (non-hydrogen) atoms. The fraction of sp³-hybridized carbons (Fsp3) is 0.154. The van der Waals surface area contributed by atoms with E-state index in [1.807, 2.05) is 0 Å². The van der Waals surface area contributed by atoms with Crippen molar-refractivity contribution in [3.05, 3.63) is 52.0 Å². The van der Waals surface area contributed by atoms with Gasteiger partial charge in [0.05, 0.1) is 21.9 Å². The third-order valence-electron chi connectivity index (χ3n) is 2.70. The van der Waals surface area contributed by atoms with E-state index in [1.165, 1.54) is 12.5 Å². The number of imidazole rings is 1. The second-order valence-electron chi connectivity index (χ2n) is 4.16. The summed E-state index contributed by atoms with van der Waals surface area (Å²) in [5, 5.41) is 11.9. The number of halogens is 2. The van der Waals surface area contributed by atoms with Crippen molar-refractivity contribution in [2.24, 2.45) is 0 Å². The molecule has 0 saturated carbocycles. The summed E-state index contributed by atoms with van der Waals surface area (Å²) in [5.41, 5.74) is 0.250. The van der Waals surface area contributed by atoms with Gasteiger partial charge < -0.3 is 15.0 Å². The molecule has 6 nitrogen and oxygen atoms in total. The lowest BCUT2D eigenvalue weighted by atomic mass is 10.2. The van der Waals surface area contributed by atoms with Crippen molar-refractivity contribution in [2.45, 2.75) is 6.54 Å². The van der Waals surface area contributed by atoms with Gasteiger partial charge in [-0.15, -0.1) is 0 Å². The topological polar surface area (TPSA) is 84.2 Å². The molecular formula is C13H11Cl2N3O3. The Labute approximate surface area is 130 Å². The van der Waals surface area contributed by atoms with E-state index < -0.39 is 5.97 Å². The first kappa shape index (κ1) is 15.3. The van der Waals surface area contributed by atoms with Crippen LogP contribution in [0.4, 0.5) is 0 Å². The number of rotatable bonds is 5. The molecule has 0 aliphatic rings. The van der Waals surface area contributed by atoms with Gasteiger partial charge in [-0.2, -0.15) is 0 Å². The first-order valence-corrected chi connectivity index (χ1v) is 6.72. The number of carboxylic acid groups (broad SMARTS) is 1. The Balaban J connectivity index is 1.92. The number of nitrogens with zero attached hydrogens (tertiary/aromatic N) is 2. The smallest absolute Gasteiger partial charge is 0.356 e. The van der Waals surface area contributed by atoms with Gasteiger partial charge >= 0.3 is 5.97 Å². The molecule has 1 amide bonds. The molecular weight excluding hydrogens is 317 g/mol. The van der Waals surface area contributed by atoms with E-state index in [-0.39, 0.29) is 16.6 Å². The lowest BCUT2D eigenvalue weighted by Gasteiger charge is -2.07. The highest BCUT2D eigenvalue weighted by Crippen LogP contribution is 2.25. The van der Waals surface area contributed by atoms with Crippen molar-refractivity contribution in [1.29, 1.82) is 0 Å². The van der Waals surface area contributed by atoms with Crippen LogP contribution in [0.5, 0.6) is 0 Å². The summed E-state index contributed by atoms with van der Waals surface area (Å²) in [6.07, 6.45) is 2.78. The lowest BCUT2D eigenvalue weighted by molar-refractivity contribution is 0.0690. The molecule has 2 N–H and O–H groups in total. The van der Waals surface area contributed by atoms with E-state index in [0.717, 1.165) is 0 Å². The quantitative estimate of drug-likeness (QED) is 0.882. The Morgan fingerprint density at radius 2 is 2.10 bits per heavy atom. The van der Waals surface area contributed by atoms with Gasteiger partial charge in [0.25, 0.3) is 5.91 Å². The van der Waals surface area contributed by atoms with Crippen LogP contribution in [-0.2, 0) is 6.54 Å². The van der Waals surface area contributed by atoms with Crippen LogP contribution in [0.25, 0.3) is 0 Å². The summed E-state index contributed by atoms with van der Waals surface area (Å²) in [5.74, 6) is -1.44. The number of aromatic nitrogens is 2. The molecule has 1 heterocycles. The summed E-state index contributed by atoms with van der Waals surface area (Å²) in [6, 6.07) is 4.81. The van der Waals surface area contributed by atoms with Crippen molar-refractivity contribution in [1.82, 2.24) is 14.9 Å². The molecule has 0 bridgehead atoms. The van der Waals surface area contributed by atoms with Gasteiger partial charge in [-0.05, 0) is 12.1 Å². The second kappa shape index (κ2) is 6.60. The normalized spacial score (nSPS) is 10.4. The fourth-order valence-electron chi connectivity index (χ4n) is 1.67. The predicted molar refractivity (Wildman–Crippen MR) is 78.0 cm³/mol. The van der Waals surface area contributed by atoms with Gasteiger partial charge in [-0.25, -0.2) is 9.78 Å². The number of carbonyl (C=O) groups excluding carboxylic acids is 1. The van der Waals surface area contributed by atoms with Gasteiger partial charge in [-0.3, -0.25) is 4.79 Å². The minimum absolute atomic E-state index is 0.0424. The van der Waals surface area contributed by atoms with Crippen LogP contribution in [0.1, 0.15) is 20.8 Å². The number of benzene rings is 1. The fourth-order valence-corrected chi connectivity index (χ4v) is 2.05. The van der Waals surface area contributed by atoms with Gasteiger partial charge in [0.1, 0.15) is 0 Å². The Morgan fingerprint density at radius 3 is 2.76 bits per heavy atom. The lowest BCUT2D eigenvalue weighted by Crippen LogP contribution is -2.27. The van der Waals surface area contributed by atoms with E-state index in [4.69, 9.17) is 28.3 Å². The molecule has 0 saturated heterocycles. The summed E-state index contributed by atoms with van der Waals surface area (Å²) in [6.45, 7) is 0.696. The van der Waals surface area contributed by atoms with Crippen LogP contribution in [-0.4, -0.2) is 33.1 Å². The second-order valence-corrected chi connectivity index (χ2v) is 4.94. The van der Waals surface area contributed by atoms with Crippen LogP contribution in [0.3, 0.4) is 0 Å². The van der Waals surface area contributed by atoms with Gasteiger partial charge in [0.15, 0.2) is 5.69 Å². The predicted octanol–water partition coefficient (Wildman–Crippen LogP) is 2.32. The maximum atomic E-state index is 11.9. The zero-order chi connectivity index (χ0) is 15.4. The first-order valence-electron chi connectivity index (χ1n) is 5.96. The molecule has 2 aromatic rings. The standard InChI is InChI=1S/C13H11Cl2N3O3/c14-9-3-1-2-8(11(9)15)12(19)16-4-5-18-6-10(13(20)21)17-7-18/h1-3,6-7H,4-5H2,(H,16,19)(H,20,21). The minimum atomic E-state index is -1.09. The van der Waals surface area contributed by atoms with Crippen LogP contribution in [0, 0.1) is 0 Å². The molecule has 110 valence electrons. The third-order valence-corrected chi connectivity index (χ3v) is 3.52. The summed E-state index contributed by atoms with van der Waals surface area (Å²) < 4.78 is 1.57. The number of hydrogen-bond acceptors (Lipinski definition) is 3. The van der Waals surface area contributed by atoms with Crippen LogP contribution < -0.4 is 5.32 Å². The monoisotopic (exact) mass is 327 g/mol. The summed E-state index contributed by atoms with van der Waals surface area (Å²) >= 11 is 11.8. The number of carboxylic acids is 1. The first-order chi connectivity index (χ1) is 9.99. The number of carbonyl (C=O) groups is 2. The average Bonchev–Trinajstić information content (AvgIpc) is 2.91. The van der Waals surface area contributed by atoms with Crippen LogP contribution >= 0.6 is 23.2 Å². The Hall–Kier alpha value is -2.05. The molecule has 0 aliphatic heterocycles. The molecule has 0 fully saturated rings. The average molecular weight is 328 g/mol. The van der Waals surface area contributed by atoms with E-state index >= 15 is 0 Å². The van der Waals surface area contributed by atoms with E-state index in [2.05, 4.69) is 10.3 Å². The van der Waals surface area contributed by atoms with Gasteiger partial charge in [0.2, 0.25) is 0 Å². The van der Waals surface area contributed by atoms with Gasteiger partial charge in [0, 0.05) is 19.3 Å². The molecule has 8 heteroatoms. The van der Waals surface area contributed by atoms with E-state index in [1.54, 1.807) is 22.8 Å². The van der Waals surface area contributed by atoms with Crippen molar-refractivity contribution >= 4 is 35.1 Å². The molecule has 0 aliphatic carbocycles. The highest BCUT2D eigenvalue weighted by atomic mass is 35.5. The van der Waals surface area contributed by atoms with Gasteiger partial charge in [-0.1, -0.05) is 29.3 Å². The Bertz CT molecular complexity index is 685. The van der Waals surface area contributed by atoms with Crippen molar-refractivity contribution in [2.75, 3.05) is 6.54 Å². The van der Waals surface area contributed by atoms with Crippen molar-refractivity contribution in [3.8, 4) is 0 Å². The SMILES string of the molecule is O=C(O)c1cn(CCNC(=O)c2cccc(Cl)c2Cl)cn1. The molecule has 1 aromatic carbocycles. The largest absolute Gasteiger partial charge is 0.476 e. The zero-order valence-corrected chi connectivity index (χ0v) is 12.2. The molecule has 1 aromatic heterocycles. The summed E-state index contributed by atoms with van der Waals surface area (Å²) in [7, 11) is 0. The molecule has 0 unspecified atom stereocenters. The molecule has 0 spiro atoms. The number of amides is 1. The molecule has 2 rings (SSSR count). The highest BCUT2D eigenvalue weighted by molar-refractivity contribution is 6.43. The number of aromatic carboxylic acids is 1. The maximum Gasteiger partial charge on any atom is 0.356 e. The minimum Gasteiger partial charge on any atom is -0.476 e. The highest BCUT2D eigenvalue weighted by Gasteiger charge is 2.12. The molecule has 0 radical (unpaired) electrons. The Kier molecular flexibility index (Phi) is 4.82. The number of nitrogens with one attached hydrogen (secondary N) is 1. The molecule has 0 atom stereocenters. The van der Waals surface area contributed by atoms with Crippen LogP contribution in [0.2, 0.25) is 10.0 Å². The van der Waals surface area contributed by atoms with Crippen molar-refractivity contribution in [3.63, 3.8) is 0 Å². The third kappa shape index (κ3) is 3.74. The van der Waals surface area contributed by atoms with Crippen molar-refractivity contribution < 1.29 is 14.7 Å². The number of hydrogen-bond donors (Lipinski definition) is 2. The van der Waals surface area contributed by atoms with E-state index in [0.29, 0.717) is 23.7 Å². The maximum absolute atomic E-state index is 11.9. The zero-order valence-electron chi connectivity index (χ0n) is 10.7. The summed E-state index contributed by atoms with van der Waals surface area (Å²) in [4.78, 5) is 26.3. The Morgan fingerprint density at radius 1 is 1.33 bits per heavy atom.